The Kier molecular flexibility index (Phi) is 2.92. The van der Waals surface area contributed by atoms with Crippen LogP contribution in [0.25, 0.3) is 10.9 Å². The lowest BCUT2D eigenvalue weighted by Crippen LogP contribution is -2.32. The minimum absolute atomic E-state index is 0.138. The molecule has 1 atom stereocenters. The van der Waals surface area contributed by atoms with E-state index in [1.54, 1.807) is 0 Å². The van der Waals surface area contributed by atoms with Gasteiger partial charge in [0, 0.05) is 18.0 Å². The monoisotopic (exact) mass is 256 g/mol. The van der Waals surface area contributed by atoms with E-state index >= 15 is 0 Å². The lowest BCUT2D eigenvalue weighted by molar-refractivity contribution is -0.138. The second-order valence-electron chi connectivity index (χ2n) is 3.90. The fourth-order valence-corrected chi connectivity index (χ4v) is 1.83. The van der Waals surface area contributed by atoms with Gasteiger partial charge in [0.25, 0.3) is 0 Å². The van der Waals surface area contributed by atoms with E-state index in [4.69, 9.17) is 10.8 Å². The quantitative estimate of drug-likeness (QED) is 0.718. The van der Waals surface area contributed by atoms with Crippen molar-refractivity contribution >= 4 is 16.9 Å². The van der Waals surface area contributed by atoms with Crippen LogP contribution in [0.3, 0.4) is 0 Å². The first-order valence-electron chi connectivity index (χ1n) is 5.07. The number of aromatic nitrogens is 1. The lowest BCUT2D eigenvalue weighted by atomic mass is 10.1. The predicted octanol–water partition coefficient (Wildman–Crippen LogP) is 1.11. The molecule has 5 nitrogen and oxygen atoms in total. The third-order valence-corrected chi connectivity index (χ3v) is 2.66. The number of nitrogens with zero attached hydrogens (tertiary/aromatic N) is 1. The van der Waals surface area contributed by atoms with Crippen LogP contribution in [0.15, 0.2) is 18.3 Å². The SMILES string of the molecule is NC(Cc1cn(O)c2c(F)ccc(F)c12)C(=O)O. The van der Waals surface area contributed by atoms with E-state index in [1.807, 2.05) is 0 Å². The molecule has 0 aliphatic rings. The number of carbonyl (C=O) groups is 1. The van der Waals surface area contributed by atoms with Crippen molar-refractivity contribution in [2.75, 3.05) is 0 Å². The molecule has 4 N–H and O–H groups in total. The van der Waals surface area contributed by atoms with Crippen molar-refractivity contribution in [1.82, 2.24) is 4.73 Å². The molecular weight excluding hydrogens is 246 g/mol. The highest BCUT2D eigenvalue weighted by molar-refractivity contribution is 5.86. The molecule has 0 saturated carbocycles. The molecule has 0 bridgehead atoms. The highest BCUT2D eigenvalue weighted by Crippen LogP contribution is 2.26. The Morgan fingerprint density at radius 1 is 1.39 bits per heavy atom. The molecule has 18 heavy (non-hydrogen) atoms. The van der Waals surface area contributed by atoms with E-state index in [2.05, 4.69) is 0 Å². The summed E-state index contributed by atoms with van der Waals surface area (Å²) in [6, 6.07) is 0.539. The maximum atomic E-state index is 13.6. The first-order valence-corrected chi connectivity index (χ1v) is 5.07. The summed E-state index contributed by atoms with van der Waals surface area (Å²) in [4.78, 5) is 10.6. The summed E-state index contributed by atoms with van der Waals surface area (Å²) in [5.74, 6) is -2.80. The molecule has 0 radical (unpaired) electrons. The Labute approximate surface area is 100 Å². The minimum Gasteiger partial charge on any atom is -0.480 e. The van der Waals surface area contributed by atoms with Gasteiger partial charge in [-0.1, -0.05) is 0 Å². The summed E-state index contributed by atoms with van der Waals surface area (Å²) in [5.41, 5.74) is 5.14. The van der Waals surface area contributed by atoms with Crippen molar-refractivity contribution in [1.29, 1.82) is 0 Å². The summed E-state index contributed by atoms with van der Waals surface area (Å²) in [7, 11) is 0. The lowest BCUT2D eigenvalue weighted by Gasteiger charge is -2.05. The third kappa shape index (κ3) is 1.88. The van der Waals surface area contributed by atoms with Crippen LogP contribution in [0.5, 0.6) is 0 Å². The molecular formula is C11H10F2N2O3. The summed E-state index contributed by atoms with van der Waals surface area (Å²) in [5, 5.41) is 18.0. The van der Waals surface area contributed by atoms with Crippen molar-refractivity contribution in [3.8, 4) is 0 Å². The maximum absolute atomic E-state index is 13.6. The number of rotatable bonds is 3. The van der Waals surface area contributed by atoms with Crippen molar-refractivity contribution < 1.29 is 23.9 Å². The predicted molar refractivity (Wildman–Crippen MR) is 58.4 cm³/mol. The Hall–Kier alpha value is -2.15. The molecule has 7 heteroatoms. The molecule has 1 aromatic heterocycles. The smallest absolute Gasteiger partial charge is 0.320 e. The minimum atomic E-state index is -1.26. The number of carboxylic acids is 1. The fourth-order valence-electron chi connectivity index (χ4n) is 1.83. The standard InChI is InChI=1S/C11H10F2N2O3/c12-6-1-2-7(13)10-9(6)5(4-15(10)18)3-8(14)11(16)17/h1-2,4,8,18H,3,14H2,(H,16,17). The van der Waals surface area contributed by atoms with Crippen molar-refractivity contribution in [2.45, 2.75) is 12.5 Å². The summed E-state index contributed by atoms with van der Waals surface area (Å²) >= 11 is 0. The van der Waals surface area contributed by atoms with Gasteiger partial charge in [0.2, 0.25) is 0 Å². The Bertz CT molecular complexity index is 624. The van der Waals surface area contributed by atoms with Gasteiger partial charge >= 0.3 is 5.97 Å². The van der Waals surface area contributed by atoms with Crippen LogP contribution in [0, 0.1) is 11.6 Å². The number of nitrogens with two attached hydrogens (primary N) is 1. The van der Waals surface area contributed by atoms with Gasteiger partial charge in [-0.3, -0.25) is 4.79 Å². The van der Waals surface area contributed by atoms with Crippen LogP contribution in [-0.4, -0.2) is 27.1 Å². The second-order valence-corrected chi connectivity index (χ2v) is 3.90. The van der Waals surface area contributed by atoms with Crippen LogP contribution < -0.4 is 5.73 Å². The van der Waals surface area contributed by atoms with Gasteiger partial charge in [0.15, 0.2) is 5.82 Å². The molecule has 0 saturated heterocycles. The number of benzene rings is 1. The Morgan fingerprint density at radius 3 is 2.61 bits per heavy atom. The molecule has 1 aromatic carbocycles. The molecule has 0 amide bonds. The van der Waals surface area contributed by atoms with Gasteiger partial charge in [-0.2, -0.15) is 4.73 Å². The molecule has 96 valence electrons. The molecule has 0 spiro atoms. The molecule has 1 unspecified atom stereocenters. The highest BCUT2D eigenvalue weighted by atomic mass is 19.1. The van der Waals surface area contributed by atoms with Gasteiger partial charge < -0.3 is 16.0 Å². The summed E-state index contributed by atoms with van der Waals surface area (Å²) in [6.07, 6.45) is 0.847. The van der Waals surface area contributed by atoms with E-state index < -0.39 is 23.6 Å². The zero-order valence-corrected chi connectivity index (χ0v) is 9.10. The number of fused-ring (bicyclic) bond motifs is 1. The van der Waals surface area contributed by atoms with Crippen molar-refractivity contribution in [3.05, 3.63) is 35.5 Å². The normalized spacial score (nSPS) is 12.8. The summed E-state index contributed by atoms with van der Waals surface area (Å²) < 4.78 is 27.5. The molecule has 1 heterocycles. The first-order chi connectivity index (χ1) is 8.41. The second kappa shape index (κ2) is 4.26. The van der Waals surface area contributed by atoms with Crippen molar-refractivity contribution in [2.24, 2.45) is 5.73 Å². The van der Waals surface area contributed by atoms with Gasteiger partial charge in [-0.25, -0.2) is 8.78 Å². The Balaban J connectivity index is 2.59. The van der Waals surface area contributed by atoms with E-state index in [1.165, 1.54) is 0 Å². The molecule has 2 rings (SSSR count). The molecule has 2 aromatic rings. The number of hydrogen-bond donors (Lipinski definition) is 3. The van der Waals surface area contributed by atoms with E-state index in [0.717, 1.165) is 18.3 Å². The maximum Gasteiger partial charge on any atom is 0.320 e. The average molecular weight is 256 g/mol. The number of hydrogen-bond acceptors (Lipinski definition) is 3. The van der Waals surface area contributed by atoms with Crippen LogP contribution >= 0.6 is 0 Å². The van der Waals surface area contributed by atoms with Gasteiger partial charge in [-0.15, -0.1) is 0 Å². The van der Waals surface area contributed by atoms with Crippen molar-refractivity contribution in [3.63, 3.8) is 0 Å². The first kappa shape index (κ1) is 12.3. The Morgan fingerprint density at radius 2 is 2.00 bits per heavy atom. The van der Waals surface area contributed by atoms with Gasteiger partial charge in [0.1, 0.15) is 17.4 Å². The summed E-state index contributed by atoms with van der Waals surface area (Å²) in [6.45, 7) is 0. The van der Waals surface area contributed by atoms with Crippen LogP contribution in [0.1, 0.15) is 5.56 Å². The van der Waals surface area contributed by atoms with E-state index in [9.17, 15) is 18.8 Å². The molecule has 0 aliphatic carbocycles. The van der Waals surface area contributed by atoms with Crippen LogP contribution in [-0.2, 0) is 11.2 Å². The third-order valence-electron chi connectivity index (χ3n) is 2.66. The van der Waals surface area contributed by atoms with Gasteiger partial charge in [0.05, 0.1) is 0 Å². The van der Waals surface area contributed by atoms with E-state index in [0.29, 0.717) is 4.73 Å². The van der Waals surface area contributed by atoms with Crippen LogP contribution in [0.2, 0.25) is 0 Å². The number of carboxylic acid groups (broad SMARTS) is 1. The zero-order chi connectivity index (χ0) is 13.4. The van der Waals surface area contributed by atoms with Crippen LogP contribution in [0.4, 0.5) is 8.78 Å². The molecule has 0 fully saturated rings. The topological polar surface area (TPSA) is 88.5 Å². The number of aliphatic carboxylic acids is 1. The highest BCUT2D eigenvalue weighted by Gasteiger charge is 2.20. The zero-order valence-electron chi connectivity index (χ0n) is 9.10. The van der Waals surface area contributed by atoms with E-state index in [-0.39, 0.29) is 22.9 Å². The average Bonchev–Trinajstić information content (AvgIpc) is 2.62. The fraction of sp³-hybridized carbons (Fsp3) is 0.182. The largest absolute Gasteiger partial charge is 0.480 e. The molecule has 0 aliphatic heterocycles. The van der Waals surface area contributed by atoms with Gasteiger partial charge in [-0.05, 0) is 17.7 Å². The number of halogens is 2.